The van der Waals surface area contributed by atoms with E-state index in [0.29, 0.717) is 19.4 Å². The van der Waals surface area contributed by atoms with Gasteiger partial charge in [0.2, 0.25) is 11.8 Å². The number of nitrogens with zero attached hydrogens (tertiary/aromatic N) is 1. The van der Waals surface area contributed by atoms with E-state index in [2.05, 4.69) is 5.32 Å². The quantitative estimate of drug-likeness (QED) is 0.752. The van der Waals surface area contributed by atoms with Crippen LogP contribution >= 0.6 is 0 Å². The highest BCUT2D eigenvalue weighted by molar-refractivity contribution is 5.88. The Morgan fingerprint density at radius 2 is 1.80 bits per heavy atom. The second-order valence-corrected chi connectivity index (χ2v) is 5.42. The molecular weight excluding hydrogens is 260 g/mol. The number of carboxylic acids is 1. The molecule has 0 heterocycles. The highest BCUT2D eigenvalue weighted by Gasteiger charge is 2.42. The van der Waals surface area contributed by atoms with E-state index in [0.717, 1.165) is 6.42 Å². The predicted octanol–water partition coefficient (Wildman–Crippen LogP) is 0.718. The Hall–Kier alpha value is -1.59. The zero-order chi connectivity index (χ0) is 15.3. The monoisotopic (exact) mass is 284 g/mol. The topological polar surface area (TPSA) is 86.7 Å². The molecule has 1 aliphatic carbocycles. The summed E-state index contributed by atoms with van der Waals surface area (Å²) < 4.78 is 0. The van der Waals surface area contributed by atoms with Crippen LogP contribution in [0.2, 0.25) is 0 Å². The SMILES string of the molecule is CCC1CC(C(=O)O)C(C(=O)NCC(=O)N(C)CC)C1. The Kier molecular flexibility index (Phi) is 5.98. The normalized spacial score (nSPS) is 25.2. The van der Waals surface area contributed by atoms with Gasteiger partial charge in [-0.25, -0.2) is 0 Å². The summed E-state index contributed by atoms with van der Waals surface area (Å²) in [5.41, 5.74) is 0. The van der Waals surface area contributed by atoms with E-state index in [4.69, 9.17) is 0 Å². The first kappa shape index (κ1) is 16.5. The molecule has 6 heteroatoms. The predicted molar refractivity (Wildman–Crippen MR) is 74.0 cm³/mol. The fourth-order valence-electron chi connectivity index (χ4n) is 2.64. The van der Waals surface area contributed by atoms with Crippen LogP contribution < -0.4 is 5.32 Å². The Morgan fingerprint density at radius 1 is 1.20 bits per heavy atom. The van der Waals surface area contributed by atoms with Crippen LogP contribution in [0.1, 0.15) is 33.1 Å². The zero-order valence-corrected chi connectivity index (χ0v) is 12.4. The fourth-order valence-corrected chi connectivity index (χ4v) is 2.64. The van der Waals surface area contributed by atoms with E-state index in [9.17, 15) is 19.5 Å². The van der Waals surface area contributed by atoms with Crippen molar-refractivity contribution in [2.75, 3.05) is 20.1 Å². The minimum atomic E-state index is -0.918. The maximum absolute atomic E-state index is 12.1. The van der Waals surface area contributed by atoms with Gasteiger partial charge in [-0.1, -0.05) is 13.3 Å². The number of carbonyl (C=O) groups excluding carboxylic acids is 2. The van der Waals surface area contributed by atoms with Crippen molar-refractivity contribution in [3.63, 3.8) is 0 Å². The van der Waals surface area contributed by atoms with Crippen molar-refractivity contribution >= 4 is 17.8 Å². The van der Waals surface area contributed by atoms with E-state index >= 15 is 0 Å². The lowest BCUT2D eigenvalue weighted by atomic mass is 9.95. The highest BCUT2D eigenvalue weighted by atomic mass is 16.4. The van der Waals surface area contributed by atoms with Crippen molar-refractivity contribution in [2.24, 2.45) is 17.8 Å². The first-order valence-corrected chi connectivity index (χ1v) is 7.15. The summed E-state index contributed by atoms with van der Waals surface area (Å²) in [4.78, 5) is 36.4. The molecule has 3 unspecified atom stereocenters. The van der Waals surface area contributed by atoms with E-state index < -0.39 is 17.8 Å². The van der Waals surface area contributed by atoms with Crippen LogP contribution in [0.3, 0.4) is 0 Å². The van der Waals surface area contributed by atoms with Crippen LogP contribution in [0.5, 0.6) is 0 Å². The minimum absolute atomic E-state index is 0.0667. The molecular formula is C14H24N2O4. The molecule has 3 atom stereocenters. The second kappa shape index (κ2) is 7.26. The molecule has 0 bridgehead atoms. The molecule has 1 aliphatic rings. The van der Waals surface area contributed by atoms with E-state index in [1.807, 2.05) is 13.8 Å². The summed E-state index contributed by atoms with van der Waals surface area (Å²) in [7, 11) is 1.66. The molecule has 114 valence electrons. The van der Waals surface area contributed by atoms with Gasteiger partial charge in [0.25, 0.3) is 0 Å². The molecule has 1 saturated carbocycles. The fraction of sp³-hybridized carbons (Fsp3) is 0.786. The number of likely N-dealkylation sites (N-methyl/N-ethyl adjacent to an activating group) is 1. The third-order valence-electron chi connectivity index (χ3n) is 4.21. The summed E-state index contributed by atoms with van der Waals surface area (Å²) in [6.45, 7) is 4.36. The van der Waals surface area contributed by atoms with Gasteiger partial charge in [-0.3, -0.25) is 14.4 Å². The molecule has 1 rings (SSSR count). The van der Waals surface area contributed by atoms with Crippen LogP contribution in [0, 0.1) is 17.8 Å². The maximum Gasteiger partial charge on any atom is 0.307 e. The van der Waals surface area contributed by atoms with Gasteiger partial charge in [0.1, 0.15) is 0 Å². The lowest BCUT2D eigenvalue weighted by Crippen LogP contribution is -2.42. The van der Waals surface area contributed by atoms with E-state index in [1.54, 1.807) is 7.05 Å². The number of nitrogens with one attached hydrogen (secondary N) is 1. The third-order valence-corrected chi connectivity index (χ3v) is 4.21. The molecule has 2 amide bonds. The van der Waals surface area contributed by atoms with Crippen molar-refractivity contribution in [1.29, 1.82) is 0 Å². The summed E-state index contributed by atoms with van der Waals surface area (Å²) in [5.74, 6) is -2.26. The maximum atomic E-state index is 12.1. The Balaban J connectivity index is 2.57. The third kappa shape index (κ3) is 3.95. The van der Waals surface area contributed by atoms with Crippen LogP contribution in [-0.2, 0) is 14.4 Å². The lowest BCUT2D eigenvalue weighted by Gasteiger charge is -2.18. The number of rotatable bonds is 6. The van der Waals surface area contributed by atoms with Gasteiger partial charge in [-0.2, -0.15) is 0 Å². The summed E-state index contributed by atoms with van der Waals surface area (Å²) in [6, 6.07) is 0. The smallest absolute Gasteiger partial charge is 0.307 e. The van der Waals surface area contributed by atoms with E-state index in [1.165, 1.54) is 4.90 Å². The van der Waals surface area contributed by atoms with Gasteiger partial charge in [-0.05, 0) is 25.7 Å². The van der Waals surface area contributed by atoms with Crippen molar-refractivity contribution in [3.05, 3.63) is 0 Å². The summed E-state index contributed by atoms with van der Waals surface area (Å²) >= 11 is 0. The van der Waals surface area contributed by atoms with Crippen LogP contribution in [0.4, 0.5) is 0 Å². The molecule has 0 aromatic carbocycles. The van der Waals surface area contributed by atoms with E-state index in [-0.39, 0.29) is 24.3 Å². The zero-order valence-electron chi connectivity index (χ0n) is 12.4. The summed E-state index contributed by atoms with van der Waals surface area (Å²) in [5, 5.41) is 11.8. The van der Waals surface area contributed by atoms with Gasteiger partial charge in [-0.15, -0.1) is 0 Å². The van der Waals surface area contributed by atoms with Gasteiger partial charge in [0, 0.05) is 13.6 Å². The summed E-state index contributed by atoms with van der Waals surface area (Å²) in [6.07, 6.45) is 2.02. The van der Waals surface area contributed by atoms with Gasteiger partial charge >= 0.3 is 5.97 Å². The molecule has 0 radical (unpaired) electrons. The first-order valence-electron chi connectivity index (χ1n) is 7.15. The largest absolute Gasteiger partial charge is 0.481 e. The van der Waals surface area contributed by atoms with Crippen molar-refractivity contribution in [2.45, 2.75) is 33.1 Å². The number of carboxylic acid groups (broad SMARTS) is 1. The average molecular weight is 284 g/mol. The second-order valence-electron chi connectivity index (χ2n) is 5.42. The van der Waals surface area contributed by atoms with Gasteiger partial charge in [0.05, 0.1) is 18.4 Å². The number of hydrogen-bond acceptors (Lipinski definition) is 3. The molecule has 0 aromatic rings. The van der Waals surface area contributed by atoms with Crippen LogP contribution in [0.15, 0.2) is 0 Å². The van der Waals surface area contributed by atoms with Crippen LogP contribution in [0.25, 0.3) is 0 Å². The van der Waals surface area contributed by atoms with Crippen LogP contribution in [-0.4, -0.2) is 47.9 Å². The van der Waals surface area contributed by atoms with Gasteiger partial charge in [0.15, 0.2) is 0 Å². The molecule has 0 aliphatic heterocycles. The van der Waals surface area contributed by atoms with Crippen molar-refractivity contribution in [3.8, 4) is 0 Å². The Bertz CT molecular complexity index is 383. The molecule has 1 fully saturated rings. The molecule has 0 spiro atoms. The Labute approximate surface area is 119 Å². The lowest BCUT2D eigenvalue weighted by molar-refractivity contribution is -0.146. The number of amides is 2. The highest BCUT2D eigenvalue weighted by Crippen LogP contribution is 2.38. The molecule has 2 N–H and O–H groups in total. The minimum Gasteiger partial charge on any atom is -0.481 e. The van der Waals surface area contributed by atoms with Crippen molar-refractivity contribution in [1.82, 2.24) is 10.2 Å². The Morgan fingerprint density at radius 3 is 2.30 bits per heavy atom. The van der Waals surface area contributed by atoms with Gasteiger partial charge < -0.3 is 15.3 Å². The molecule has 0 saturated heterocycles. The molecule has 20 heavy (non-hydrogen) atoms. The van der Waals surface area contributed by atoms with Crippen molar-refractivity contribution < 1.29 is 19.5 Å². The average Bonchev–Trinajstić information content (AvgIpc) is 2.87. The molecule has 0 aromatic heterocycles. The first-order chi connectivity index (χ1) is 9.40. The number of hydrogen-bond donors (Lipinski definition) is 2. The molecule has 6 nitrogen and oxygen atoms in total. The number of aliphatic carboxylic acids is 1. The standard InChI is InChI=1S/C14H24N2O4/c1-4-9-6-10(11(7-9)14(19)20)13(18)15-8-12(17)16(3)5-2/h9-11H,4-8H2,1-3H3,(H,15,18)(H,19,20). The number of carbonyl (C=O) groups is 3.